The molecule has 0 aromatic carbocycles. The molecule has 0 spiro atoms. The van der Waals surface area contributed by atoms with Crippen molar-refractivity contribution in [2.75, 3.05) is 13.7 Å². The summed E-state index contributed by atoms with van der Waals surface area (Å²) in [4.78, 5) is 22.5. The Morgan fingerprint density at radius 1 is 1.21 bits per heavy atom. The second-order valence-corrected chi connectivity index (χ2v) is 4.27. The average molecular weight is 271 g/mol. The zero-order chi connectivity index (χ0) is 15.1. The Bertz CT molecular complexity index is 242. The highest BCUT2D eigenvalue weighted by molar-refractivity contribution is 5.82. The van der Waals surface area contributed by atoms with Crippen LogP contribution in [0.2, 0.25) is 0 Å². The van der Waals surface area contributed by atoms with E-state index in [2.05, 4.69) is 25.4 Å². The number of ether oxygens (including phenoxy) is 1. The molecule has 0 aromatic rings. The van der Waals surface area contributed by atoms with Crippen LogP contribution in [0.3, 0.4) is 0 Å². The van der Waals surface area contributed by atoms with Crippen molar-refractivity contribution < 1.29 is 14.3 Å². The zero-order valence-corrected chi connectivity index (χ0v) is 12.7. The third-order valence-electron chi connectivity index (χ3n) is 2.74. The van der Waals surface area contributed by atoms with Crippen molar-refractivity contribution in [3.8, 4) is 0 Å². The minimum Gasteiger partial charge on any atom is -0.466 e. The number of hydrogen-bond acceptors (Lipinski definition) is 4. The topological polar surface area (TPSA) is 55.4 Å². The molecule has 112 valence electrons. The van der Waals surface area contributed by atoms with E-state index in [9.17, 15) is 9.59 Å². The van der Waals surface area contributed by atoms with Crippen molar-refractivity contribution in [3.05, 3.63) is 13.2 Å². The van der Waals surface area contributed by atoms with Crippen LogP contribution in [0.5, 0.6) is 0 Å². The number of carbonyl (C=O) groups is 2. The van der Waals surface area contributed by atoms with Gasteiger partial charge in [-0.05, 0) is 26.8 Å². The van der Waals surface area contributed by atoms with Gasteiger partial charge in [0.05, 0.1) is 12.6 Å². The maximum Gasteiger partial charge on any atom is 0.305 e. The van der Waals surface area contributed by atoms with Crippen LogP contribution < -0.4 is 5.32 Å². The predicted octanol–water partition coefficient (Wildman–Crippen LogP) is 2.87. The van der Waals surface area contributed by atoms with Gasteiger partial charge in [-0.15, -0.1) is 13.2 Å². The first kappa shape index (κ1) is 20.2. The fourth-order valence-electron chi connectivity index (χ4n) is 1.60. The molecule has 0 aliphatic rings. The van der Waals surface area contributed by atoms with E-state index in [0.29, 0.717) is 19.4 Å². The summed E-state index contributed by atoms with van der Waals surface area (Å²) in [7, 11) is 1.72. The van der Waals surface area contributed by atoms with Gasteiger partial charge < -0.3 is 10.1 Å². The van der Waals surface area contributed by atoms with Gasteiger partial charge in [0.25, 0.3) is 0 Å². The normalized spacial score (nSPS) is 11.1. The first-order valence-electron chi connectivity index (χ1n) is 6.95. The predicted molar refractivity (Wildman–Crippen MR) is 79.1 cm³/mol. The van der Waals surface area contributed by atoms with Gasteiger partial charge in [-0.3, -0.25) is 9.59 Å². The van der Waals surface area contributed by atoms with Crippen LogP contribution >= 0.6 is 0 Å². The second-order valence-electron chi connectivity index (χ2n) is 4.27. The van der Waals surface area contributed by atoms with E-state index in [1.165, 1.54) is 19.8 Å². The smallest absolute Gasteiger partial charge is 0.305 e. The lowest BCUT2D eigenvalue weighted by Crippen LogP contribution is -2.32. The highest BCUT2D eigenvalue weighted by Gasteiger charge is 2.13. The number of carbonyl (C=O) groups excluding carboxylic acids is 2. The Hall–Kier alpha value is -1.16. The van der Waals surface area contributed by atoms with Crippen molar-refractivity contribution >= 4 is 11.8 Å². The van der Waals surface area contributed by atoms with Gasteiger partial charge in [-0.2, -0.15) is 0 Å². The molecule has 19 heavy (non-hydrogen) atoms. The summed E-state index contributed by atoms with van der Waals surface area (Å²) in [6.45, 7) is 10.2. The monoisotopic (exact) mass is 271 g/mol. The highest BCUT2D eigenvalue weighted by Crippen LogP contribution is 2.03. The number of likely N-dealkylation sites (N-methyl/N-ethyl adjacent to an activating group) is 1. The Labute approximate surface area is 117 Å². The van der Waals surface area contributed by atoms with Gasteiger partial charge in [0, 0.05) is 6.42 Å². The Morgan fingerprint density at radius 3 is 2.32 bits per heavy atom. The van der Waals surface area contributed by atoms with Crippen molar-refractivity contribution in [1.82, 2.24) is 5.32 Å². The molecule has 0 saturated carbocycles. The lowest BCUT2D eigenvalue weighted by molar-refractivity contribution is -0.144. The summed E-state index contributed by atoms with van der Waals surface area (Å²) in [5.74, 6) is -0.147. The lowest BCUT2D eigenvalue weighted by atomic mass is 10.1. The Balaban J connectivity index is 0. The Morgan fingerprint density at radius 2 is 1.84 bits per heavy atom. The van der Waals surface area contributed by atoms with Crippen LogP contribution in [-0.4, -0.2) is 31.4 Å². The number of ketones is 1. The maximum atomic E-state index is 11.4. The molecule has 1 unspecified atom stereocenters. The summed E-state index contributed by atoms with van der Waals surface area (Å²) in [6.07, 6.45) is 5.22. The minimum atomic E-state index is -0.234. The van der Waals surface area contributed by atoms with Crippen LogP contribution in [0.4, 0.5) is 0 Å². The molecule has 0 aromatic heterocycles. The molecule has 0 aliphatic heterocycles. The van der Waals surface area contributed by atoms with Crippen LogP contribution in [0.15, 0.2) is 13.2 Å². The molecule has 0 rings (SSSR count). The molecule has 0 radical (unpaired) electrons. The van der Waals surface area contributed by atoms with Crippen molar-refractivity contribution in [3.63, 3.8) is 0 Å². The summed E-state index contributed by atoms with van der Waals surface area (Å²) in [5.41, 5.74) is 0. The molecule has 0 saturated heterocycles. The fourth-order valence-corrected chi connectivity index (χ4v) is 1.60. The Kier molecular flexibility index (Phi) is 15.8. The summed E-state index contributed by atoms with van der Waals surface area (Å²) in [6, 6.07) is -0.234. The van der Waals surface area contributed by atoms with Crippen LogP contribution in [0.1, 0.15) is 52.4 Å². The lowest BCUT2D eigenvalue weighted by Gasteiger charge is -2.11. The van der Waals surface area contributed by atoms with E-state index in [4.69, 9.17) is 4.74 Å². The molecular weight excluding hydrogens is 242 g/mol. The summed E-state index contributed by atoms with van der Waals surface area (Å²) >= 11 is 0. The van der Waals surface area contributed by atoms with Crippen LogP contribution in [-0.2, 0) is 14.3 Å². The first-order chi connectivity index (χ1) is 9.11. The van der Waals surface area contributed by atoms with E-state index < -0.39 is 0 Å². The van der Waals surface area contributed by atoms with Gasteiger partial charge in [0.15, 0.2) is 0 Å². The number of Topliss-reactive ketones (excluding diaryl/α,β-unsaturated/α-hetero) is 1. The number of esters is 1. The third kappa shape index (κ3) is 13.1. The van der Waals surface area contributed by atoms with Crippen LogP contribution in [0.25, 0.3) is 0 Å². The second kappa shape index (κ2) is 14.9. The third-order valence-corrected chi connectivity index (χ3v) is 2.74. The summed E-state index contributed by atoms with van der Waals surface area (Å²) < 4.78 is 5.09. The molecule has 0 amide bonds. The molecule has 1 atom stereocenters. The first-order valence-corrected chi connectivity index (χ1v) is 6.95. The zero-order valence-electron chi connectivity index (χ0n) is 12.7. The van der Waals surface area contributed by atoms with Gasteiger partial charge >= 0.3 is 5.97 Å². The van der Waals surface area contributed by atoms with E-state index in [0.717, 1.165) is 12.8 Å². The maximum absolute atomic E-state index is 11.4. The van der Waals surface area contributed by atoms with E-state index in [1.54, 1.807) is 7.05 Å². The highest BCUT2D eigenvalue weighted by atomic mass is 16.5. The van der Waals surface area contributed by atoms with E-state index >= 15 is 0 Å². The summed E-state index contributed by atoms with van der Waals surface area (Å²) in [5, 5.41) is 2.88. The van der Waals surface area contributed by atoms with Gasteiger partial charge in [0.2, 0.25) is 0 Å². The van der Waals surface area contributed by atoms with E-state index in [-0.39, 0.29) is 17.8 Å². The van der Waals surface area contributed by atoms with Gasteiger partial charge in [0.1, 0.15) is 5.78 Å². The van der Waals surface area contributed by atoms with E-state index in [1.807, 2.05) is 0 Å². The molecule has 4 heteroatoms. The minimum absolute atomic E-state index is 0.0586. The fraction of sp³-hybridized carbons (Fsp3) is 0.733. The molecule has 4 nitrogen and oxygen atoms in total. The number of nitrogens with one attached hydrogen (secondary N) is 1. The molecule has 0 fully saturated rings. The number of hydrogen-bond donors (Lipinski definition) is 1. The van der Waals surface area contributed by atoms with Gasteiger partial charge in [-0.25, -0.2) is 0 Å². The molecule has 1 N–H and O–H groups in total. The van der Waals surface area contributed by atoms with Crippen LogP contribution in [0, 0.1) is 0 Å². The van der Waals surface area contributed by atoms with Crippen molar-refractivity contribution in [2.24, 2.45) is 0 Å². The van der Waals surface area contributed by atoms with Gasteiger partial charge in [-0.1, -0.05) is 26.2 Å². The SMILES string of the molecule is C=C.CCCCCCOC(=O)CCC(NC)C(C)=O. The standard InChI is InChI=1S/C13H25NO3.C2H4/c1-4-5-6-7-10-17-13(16)9-8-12(14-3)11(2)15;1-2/h12,14H,4-10H2,1-3H3;1-2H2. The molecule has 0 heterocycles. The van der Waals surface area contributed by atoms with Crippen molar-refractivity contribution in [2.45, 2.75) is 58.4 Å². The molecular formula is C15H29NO3. The quantitative estimate of drug-likeness (QED) is 0.377. The number of unbranched alkanes of at least 4 members (excludes halogenated alkanes) is 3. The number of rotatable bonds is 10. The largest absolute Gasteiger partial charge is 0.466 e. The molecule has 0 aliphatic carbocycles. The average Bonchev–Trinajstić information content (AvgIpc) is 2.41. The molecule has 0 bridgehead atoms. The van der Waals surface area contributed by atoms with Crippen molar-refractivity contribution in [1.29, 1.82) is 0 Å².